The summed E-state index contributed by atoms with van der Waals surface area (Å²) in [5.74, 6) is 0.836. The van der Waals surface area contributed by atoms with Crippen LogP contribution in [0.25, 0.3) is 0 Å². The maximum absolute atomic E-state index is 10.7. The van der Waals surface area contributed by atoms with Crippen LogP contribution in [0.1, 0.15) is 25.3 Å². The molecule has 1 fully saturated rings. The van der Waals surface area contributed by atoms with Gasteiger partial charge in [-0.15, -0.1) is 0 Å². The second-order valence-electron chi connectivity index (χ2n) is 4.69. The molecule has 0 atom stereocenters. The molecule has 1 aromatic carbocycles. The number of nitrogens with zero attached hydrogens (tertiary/aromatic N) is 1. The van der Waals surface area contributed by atoms with Gasteiger partial charge in [-0.1, -0.05) is 19.1 Å². The van der Waals surface area contributed by atoms with Gasteiger partial charge in [0.25, 0.3) is 0 Å². The number of methoxy groups -OCH3 is 1. The lowest BCUT2D eigenvalue weighted by Gasteiger charge is -2.38. The quantitative estimate of drug-likeness (QED) is 0.869. The average molecular weight is 235 g/mol. The SMILES string of the molecule is CCN1CCC(O)(c2ccc(OC)cc2)CC1. The third kappa shape index (κ3) is 2.61. The summed E-state index contributed by atoms with van der Waals surface area (Å²) in [5.41, 5.74) is 0.354. The molecule has 1 N–H and O–H groups in total. The van der Waals surface area contributed by atoms with Crippen molar-refractivity contribution in [3.05, 3.63) is 29.8 Å². The normalized spacial score (nSPS) is 20.2. The standard InChI is InChI=1S/C14H21NO2/c1-3-15-10-8-14(16,9-11-15)12-4-6-13(17-2)7-5-12/h4-7,16H,3,8-11H2,1-2H3. The van der Waals surface area contributed by atoms with Crippen molar-refractivity contribution < 1.29 is 9.84 Å². The summed E-state index contributed by atoms with van der Waals surface area (Å²) in [4.78, 5) is 2.37. The van der Waals surface area contributed by atoms with E-state index in [-0.39, 0.29) is 0 Å². The van der Waals surface area contributed by atoms with Gasteiger partial charge in [0.15, 0.2) is 0 Å². The summed E-state index contributed by atoms with van der Waals surface area (Å²) in [6.45, 7) is 5.18. The topological polar surface area (TPSA) is 32.7 Å². The highest BCUT2D eigenvalue weighted by atomic mass is 16.5. The van der Waals surface area contributed by atoms with E-state index in [0.717, 1.165) is 43.8 Å². The van der Waals surface area contributed by atoms with E-state index >= 15 is 0 Å². The lowest BCUT2D eigenvalue weighted by Crippen LogP contribution is -2.42. The Hall–Kier alpha value is -1.06. The molecule has 3 heteroatoms. The number of aliphatic hydroxyl groups is 1. The van der Waals surface area contributed by atoms with Crippen LogP contribution in [0.4, 0.5) is 0 Å². The van der Waals surface area contributed by atoms with E-state index < -0.39 is 5.60 Å². The van der Waals surface area contributed by atoms with Gasteiger partial charge >= 0.3 is 0 Å². The minimum atomic E-state index is -0.655. The van der Waals surface area contributed by atoms with Crippen molar-refractivity contribution in [1.29, 1.82) is 0 Å². The van der Waals surface area contributed by atoms with Crippen LogP contribution in [0, 0.1) is 0 Å². The Balaban J connectivity index is 2.10. The van der Waals surface area contributed by atoms with E-state index in [2.05, 4.69) is 11.8 Å². The first-order chi connectivity index (χ1) is 8.18. The Morgan fingerprint density at radius 2 is 1.82 bits per heavy atom. The first-order valence-electron chi connectivity index (χ1n) is 6.27. The van der Waals surface area contributed by atoms with Crippen LogP contribution in [0.15, 0.2) is 24.3 Å². The van der Waals surface area contributed by atoms with E-state index in [1.165, 1.54) is 0 Å². The predicted molar refractivity (Wildman–Crippen MR) is 68.2 cm³/mol. The smallest absolute Gasteiger partial charge is 0.118 e. The second kappa shape index (κ2) is 5.07. The van der Waals surface area contributed by atoms with E-state index in [4.69, 9.17) is 4.74 Å². The number of hydrogen-bond donors (Lipinski definition) is 1. The third-order valence-electron chi connectivity index (χ3n) is 3.76. The van der Waals surface area contributed by atoms with Crippen molar-refractivity contribution in [3.8, 4) is 5.75 Å². The minimum Gasteiger partial charge on any atom is -0.497 e. The molecule has 0 aliphatic carbocycles. The number of rotatable bonds is 3. The zero-order valence-corrected chi connectivity index (χ0v) is 10.6. The molecule has 0 saturated carbocycles. The molecule has 1 aliphatic rings. The molecule has 94 valence electrons. The molecule has 1 aromatic rings. The monoisotopic (exact) mass is 235 g/mol. The molecular formula is C14H21NO2. The largest absolute Gasteiger partial charge is 0.497 e. The van der Waals surface area contributed by atoms with Gasteiger partial charge in [0, 0.05) is 13.1 Å². The van der Waals surface area contributed by atoms with Gasteiger partial charge in [-0.05, 0) is 37.1 Å². The van der Waals surface area contributed by atoms with Crippen LogP contribution >= 0.6 is 0 Å². The molecule has 0 amide bonds. The van der Waals surface area contributed by atoms with Gasteiger partial charge < -0.3 is 14.7 Å². The molecule has 1 heterocycles. The van der Waals surface area contributed by atoms with Gasteiger partial charge in [0.1, 0.15) is 5.75 Å². The summed E-state index contributed by atoms with van der Waals surface area (Å²) in [5, 5.41) is 10.7. The molecule has 1 saturated heterocycles. The molecule has 0 unspecified atom stereocenters. The summed E-state index contributed by atoms with van der Waals surface area (Å²) in [7, 11) is 1.66. The Morgan fingerprint density at radius 3 is 2.29 bits per heavy atom. The fourth-order valence-corrected chi connectivity index (χ4v) is 2.43. The number of ether oxygens (including phenoxy) is 1. The molecule has 3 nitrogen and oxygen atoms in total. The molecule has 0 spiro atoms. The Bertz CT molecular complexity index is 353. The van der Waals surface area contributed by atoms with Crippen LogP contribution in [-0.2, 0) is 5.60 Å². The predicted octanol–water partition coefficient (Wildman–Crippen LogP) is 2.00. The zero-order valence-electron chi connectivity index (χ0n) is 10.6. The number of benzene rings is 1. The molecule has 2 rings (SSSR count). The highest BCUT2D eigenvalue weighted by Crippen LogP contribution is 2.33. The second-order valence-corrected chi connectivity index (χ2v) is 4.69. The maximum atomic E-state index is 10.7. The van der Waals surface area contributed by atoms with Crippen LogP contribution in [-0.4, -0.2) is 36.8 Å². The lowest BCUT2D eigenvalue weighted by molar-refractivity contribution is -0.0247. The summed E-state index contributed by atoms with van der Waals surface area (Å²) in [6.07, 6.45) is 1.63. The van der Waals surface area contributed by atoms with Crippen molar-refractivity contribution in [2.24, 2.45) is 0 Å². The van der Waals surface area contributed by atoms with Gasteiger partial charge in [-0.3, -0.25) is 0 Å². The number of likely N-dealkylation sites (tertiary alicyclic amines) is 1. The van der Waals surface area contributed by atoms with Gasteiger partial charge in [0.05, 0.1) is 12.7 Å². The molecule has 0 aromatic heterocycles. The Labute approximate surface area is 103 Å². The van der Waals surface area contributed by atoms with Crippen molar-refractivity contribution in [1.82, 2.24) is 4.90 Å². The van der Waals surface area contributed by atoms with Crippen molar-refractivity contribution in [3.63, 3.8) is 0 Å². The molecule has 1 aliphatic heterocycles. The van der Waals surface area contributed by atoms with Gasteiger partial charge in [-0.25, -0.2) is 0 Å². The lowest BCUT2D eigenvalue weighted by atomic mass is 9.84. The summed E-state index contributed by atoms with van der Waals surface area (Å²) in [6, 6.07) is 7.78. The summed E-state index contributed by atoms with van der Waals surface area (Å²) < 4.78 is 5.13. The molecule has 17 heavy (non-hydrogen) atoms. The minimum absolute atomic E-state index is 0.655. The molecule has 0 bridgehead atoms. The maximum Gasteiger partial charge on any atom is 0.118 e. The van der Waals surface area contributed by atoms with Crippen LogP contribution in [0.2, 0.25) is 0 Å². The number of piperidine rings is 1. The first-order valence-corrected chi connectivity index (χ1v) is 6.27. The molecule has 0 radical (unpaired) electrons. The van der Waals surface area contributed by atoms with Crippen LogP contribution < -0.4 is 4.74 Å². The Morgan fingerprint density at radius 1 is 1.24 bits per heavy atom. The van der Waals surface area contributed by atoms with E-state index in [1.807, 2.05) is 24.3 Å². The highest BCUT2D eigenvalue weighted by molar-refractivity contribution is 5.31. The van der Waals surface area contributed by atoms with Crippen LogP contribution in [0.3, 0.4) is 0 Å². The molecular weight excluding hydrogens is 214 g/mol. The fraction of sp³-hybridized carbons (Fsp3) is 0.571. The van der Waals surface area contributed by atoms with E-state index in [1.54, 1.807) is 7.11 Å². The average Bonchev–Trinajstić information content (AvgIpc) is 2.40. The Kier molecular flexibility index (Phi) is 3.69. The first kappa shape index (κ1) is 12.4. The third-order valence-corrected chi connectivity index (χ3v) is 3.76. The number of hydrogen-bond acceptors (Lipinski definition) is 3. The summed E-state index contributed by atoms with van der Waals surface area (Å²) >= 11 is 0. The van der Waals surface area contributed by atoms with E-state index in [0.29, 0.717) is 0 Å². The van der Waals surface area contributed by atoms with Crippen molar-refractivity contribution >= 4 is 0 Å². The van der Waals surface area contributed by atoms with Gasteiger partial charge in [-0.2, -0.15) is 0 Å². The zero-order chi connectivity index (χ0) is 12.3. The van der Waals surface area contributed by atoms with E-state index in [9.17, 15) is 5.11 Å². The van der Waals surface area contributed by atoms with Gasteiger partial charge in [0.2, 0.25) is 0 Å². The van der Waals surface area contributed by atoms with Crippen molar-refractivity contribution in [2.75, 3.05) is 26.7 Å². The van der Waals surface area contributed by atoms with Crippen LogP contribution in [0.5, 0.6) is 5.75 Å². The van der Waals surface area contributed by atoms with Crippen molar-refractivity contribution in [2.45, 2.75) is 25.4 Å². The fourth-order valence-electron chi connectivity index (χ4n) is 2.43. The highest BCUT2D eigenvalue weighted by Gasteiger charge is 2.33.